The Hall–Kier alpha value is -2.55. The third-order valence-corrected chi connectivity index (χ3v) is 4.39. The Bertz CT molecular complexity index is 709. The molecule has 1 aliphatic rings. The number of esters is 1. The number of ether oxygens (including phenoxy) is 1. The number of carbonyl (C=O) groups excluding carboxylic acids is 1. The van der Waals surface area contributed by atoms with Crippen LogP contribution in [0.5, 0.6) is 0 Å². The van der Waals surface area contributed by atoms with Crippen molar-refractivity contribution in [3.8, 4) is 0 Å². The van der Waals surface area contributed by atoms with Crippen LogP contribution in [0.15, 0.2) is 16.7 Å². The first kappa shape index (κ1) is 17.3. The fraction of sp³-hybridized carbons (Fsp3) is 0.562. The molecule has 3 heterocycles. The zero-order valence-corrected chi connectivity index (χ0v) is 14.7. The number of aryl methyl sites for hydroxylation is 1. The van der Waals surface area contributed by atoms with Gasteiger partial charge in [0.1, 0.15) is 0 Å². The zero-order valence-electron chi connectivity index (χ0n) is 14.7. The SMILES string of the molecule is CCc1noc(C(C)N2CCN(c3ccc(C(=O)OC)nn3)CC2)n1. The van der Waals surface area contributed by atoms with E-state index in [0.717, 1.165) is 44.2 Å². The summed E-state index contributed by atoms with van der Waals surface area (Å²) < 4.78 is 9.98. The molecular weight excluding hydrogens is 324 g/mol. The number of anilines is 1. The number of aromatic nitrogens is 4. The van der Waals surface area contributed by atoms with Crippen molar-refractivity contribution < 1.29 is 14.1 Å². The van der Waals surface area contributed by atoms with Crippen LogP contribution in [0.3, 0.4) is 0 Å². The molecule has 0 aliphatic carbocycles. The summed E-state index contributed by atoms with van der Waals surface area (Å²) in [5.74, 6) is 1.67. The predicted octanol–water partition coefficient (Wildman–Crippen LogP) is 1.09. The smallest absolute Gasteiger partial charge is 0.358 e. The molecule has 0 N–H and O–H groups in total. The summed E-state index contributed by atoms with van der Waals surface area (Å²) in [6.07, 6.45) is 0.768. The monoisotopic (exact) mass is 346 g/mol. The molecule has 1 atom stereocenters. The van der Waals surface area contributed by atoms with Gasteiger partial charge in [0.25, 0.3) is 0 Å². The summed E-state index contributed by atoms with van der Waals surface area (Å²) >= 11 is 0. The lowest BCUT2D eigenvalue weighted by atomic mass is 10.2. The summed E-state index contributed by atoms with van der Waals surface area (Å²) in [5, 5.41) is 12.0. The van der Waals surface area contributed by atoms with Gasteiger partial charge in [-0.3, -0.25) is 4.90 Å². The van der Waals surface area contributed by atoms with Gasteiger partial charge in [0, 0.05) is 32.6 Å². The van der Waals surface area contributed by atoms with Gasteiger partial charge in [-0.1, -0.05) is 12.1 Å². The van der Waals surface area contributed by atoms with Crippen molar-refractivity contribution in [3.63, 3.8) is 0 Å². The second-order valence-corrected chi connectivity index (χ2v) is 5.87. The van der Waals surface area contributed by atoms with Crippen molar-refractivity contribution in [2.24, 2.45) is 0 Å². The lowest BCUT2D eigenvalue weighted by Gasteiger charge is -2.37. The molecule has 1 fully saturated rings. The van der Waals surface area contributed by atoms with Crippen LogP contribution in [0.25, 0.3) is 0 Å². The Morgan fingerprint density at radius 3 is 2.60 bits per heavy atom. The zero-order chi connectivity index (χ0) is 17.8. The number of piperazine rings is 1. The number of methoxy groups -OCH3 is 1. The van der Waals surface area contributed by atoms with E-state index < -0.39 is 5.97 Å². The second-order valence-electron chi connectivity index (χ2n) is 5.87. The lowest BCUT2D eigenvalue weighted by molar-refractivity contribution is 0.0592. The molecule has 9 nitrogen and oxygen atoms in total. The number of hydrogen-bond donors (Lipinski definition) is 0. The molecule has 0 aromatic carbocycles. The van der Waals surface area contributed by atoms with Crippen LogP contribution in [0.2, 0.25) is 0 Å². The van der Waals surface area contributed by atoms with Crippen molar-refractivity contribution in [2.45, 2.75) is 26.3 Å². The topological polar surface area (TPSA) is 97.5 Å². The van der Waals surface area contributed by atoms with Crippen molar-refractivity contribution in [3.05, 3.63) is 29.5 Å². The van der Waals surface area contributed by atoms with Crippen LogP contribution in [0.1, 0.15) is 42.1 Å². The van der Waals surface area contributed by atoms with Crippen molar-refractivity contribution in [1.82, 2.24) is 25.2 Å². The van der Waals surface area contributed by atoms with E-state index in [9.17, 15) is 4.79 Å². The van der Waals surface area contributed by atoms with Gasteiger partial charge in [-0.2, -0.15) is 4.98 Å². The molecule has 0 bridgehead atoms. The van der Waals surface area contributed by atoms with E-state index in [1.807, 2.05) is 6.92 Å². The van der Waals surface area contributed by atoms with E-state index in [0.29, 0.717) is 5.89 Å². The fourth-order valence-corrected chi connectivity index (χ4v) is 2.78. The highest BCUT2D eigenvalue weighted by atomic mass is 16.5. The van der Waals surface area contributed by atoms with Crippen LogP contribution in [0.4, 0.5) is 5.82 Å². The van der Waals surface area contributed by atoms with Gasteiger partial charge in [-0.25, -0.2) is 4.79 Å². The highest BCUT2D eigenvalue weighted by Gasteiger charge is 2.26. The maximum absolute atomic E-state index is 11.4. The first-order valence-corrected chi connectivity index (χ1v) is 8.36. The summed E-state index contributed by atoms with van der Waals surface area (Å²) in [5.41, 5.74) is 0.210. The van der Waals surface area contributed by atoms with Crippen molar-refractivity contribution in [2.75, 3.05) is 38.2 Å². The fourth-order valence-electron chi connectivity index (χ4n) is 2.78. The van der Waals surface area contributed by atoms with Gasteiger partial charge >= 0.3 is 5.97 Å². The van der Waals surface area contributed by atoms with Crippen LogP contribution in [-0.2, 0) is 11.2 Å². The van der Waals surface area contributed by atoms with E-state index in [1.165, 1.54) is 7.11 Å². The molecule has 25 heavy (non-hydrogen) atoms. The van der Waals surface area contributed by atoms with Crippen molar-refractivity contribution >= 4 is 11.8 Å². The third kappa shape index (κ3) is 3.76. The van der Waals surface area contributed by atoms with E-state index >= 15 is 0 Å². The Labute approximate surface area is 146 Å². The highest BCUT2D eigenvalue weighted by Crippen LogP contribution is 2.22. The van der Waals surface area contributed by atoms with Gasteiger partial charge in [-0.15, -0.1) is 10.2 Å². The second kappa shape index (κ2) is 7.56. The Kier molecular flexibility index (Phi) is 5.22. The predicted molar refractivity (Wildman–Crippen MR) is 89.2 cm³/mol. The summed E-state index contributed by atoms with van der Waals surface area (Å²) in [6, 6.07) is 3.51. The maximum Gasteiger partial charge on any atom is 0.358 e. The summed E-state index contributed by atoms with van der Waals surface area (Å²) in [4.78, 5) is 20.3. The van der Waals surface area contributed by atoms with E-state index in [4.69, 9.17) is 4.52 Å². The Morgan fingerprint density at radius 1 is 1.28 bits per heavy atom. The largest absolute Gasteiger partial charge is 0.464 e. The minimum absolute atomic E-state index is 0.0859. The first-order chi connectivity index (χ1) is 12.1. The average molecular weight is 346 g/mol. The molecule has 2 aromatic heterocycles. The van der Waals surface area contributed by atoms with Crippen molar-refractivity contribution in [1.29, 1.82) is 0 Å². The normalized spacial score (nSPS) is 16.7. The van der Waals surface area contributed by atoms with Gasteiger partial charge in [0.05, 0.1) is 13.2 Å². The highest BCUT2D eigenvalue weighted by molar-refractivity contribution is 5.86. The van der Waals surface area contributed by atoms with E-state index in [2.05, 4.69) is 41.8 Å². The quantitative estimate of drug-likeness (QED) is 0.737. The van der Waals surface area contributed by atoms with E-state index in [1.54, 1.807) is 12.1 Å². The Balaban J connectivity index is 1.58. The number of hydrogen-bond acceptors (Lipinski definition) is 9. The standard InChI is InChI=1S/C16H22N6O3/c1-4-13-17-15(25-20-13)11(2)21-7-9-22(10-8-21)14-6-5-12(18-19-14)16(23)24-3/h5-6,11H,4,7-10H2,1-3H3. The van der Waals surface area contributed by atoms with E-state index in [-0.39, 0.29) is 11.7 Å². The third-order valence-electron chi connectivity index (χ3n) is 4.39. The molecule has 0 amide bonds. The van der Waals surface area contributed by atoms with Crippen LogP contribution in [-0.4, -0.2) is 64.5 Å². The molecular formula is C16H22N6O3. The first-order valence-electron chi connectivity index (χ1n) is 8.36. The molecule has 2 aromatic rings. The molecule has 1 saturated heterocycles. The average Bonchev–Trinajstić information content (AvgIpc) is 3.16. The summed E-state index contributed by atoms with van der Waals surface area (Å²) in [7, 11) is 1.32. The van der Waals surface area contributed by atoms with Crippen LogP contribution >= 0.6 is 0 Å². The minimum Gasteiger partial charge on any atom is -0.464 e. The van der Waals surface area contributed by atoms with Crippen LogP contribution < -0.4 is 4.90 Å². The minimum atomic E-state index is -0.483. The molecule has 0 spiro atoms. The van der Waals surface area contributed by atoms with Gasteiger partial charge in [-0.05, 0) is 19.1 Å². The lowest BCUT2D eigenvalue weighted by Crippen LogP contribution is -2.47. The molecule has 134 valence electrons. The summed E-state index contributed by atoms with van der Waals surface area (Å²) in [6.45, 7) is 7.41. The van der Waals surface area contributed by atoms with Gasteiger partial charge in [0.15, 0.2) is 17.3 Å². The number of nitrogens with zero attached hydrogens (tertiary/aromatic N) is 6. The molecule has 0 saturated carbocycles. The molecule has 3 rings (SSSR count). The Morgan fingerprint density at radius 2 is 2.04 bits per heavy atom. The number of rotatable bonds is 5. The van der Waals surface area contributed by atoms with Gasteiger partial charge in [0.2, 0.25) is 5.89 Å². The molecule has 9 heteroatoms. The van der Waals surface area contributed by atoms with Crippen LogP contribution in [0, 0.1) is 0 Å². The number of carbonyl (C=O) groups is 1. The molecule has 1 unspecified atom stereocenters. The van der Waals surface area contributed by atoms with Gasteiger partial charge < -0.3 is 14.2 Å². The maximum atomic E-state index is 11.4. The molecule has 0 radical (unpaired) electrons. The molecule has 1 aliphatic heterocycles.